The number of morpholine rings is 1. The van der Waals surface area contributed by atoms with Crippen LogP contribution in [0.5, 0.6) is 0 Å². The second-order valence-corrected chi connectivity index (χ2v) is 9.27. The van der Waals surface area contributed by atoms with Gasteiger partial charge in [0, 0.05) is 25.1 Å². The van der Waals surface area contributed by atoms with Crippen LogP contribution in [0.2, 0.25) is 0 Å². The van der Waals surface area contributed by atoms with Crippen LogP contribution in [0.4, 0.5) is 5.82 Å². The highest BCUT2D eigenvalue weighted by Crippen LogP contribution is 2.46. The van der Waals surface area contributed by atoms with Crippen LogP contribution in [0.1, 0.15) is 50.3 Å². The Morgan fingerprint density at radius 1 is 1.30 bits per heavy atom. The molecule has 156 valence electrons. The Hall–Kier alpha value is -2.50. The number of pyridine rings is 1. The lowest BCUT2D eigenvalue weighted by atomic mass is 9.77. The largest absolute Gasteiger partial charge is 0.377 e. The van der Waals surface area contributed by atoms with Gasteiger partial charge in [-0.2, -0.15) is 9.47 Å². The van der Waals surface area contributed by atoms with Crippen molar-refractivity contribution in [1.29, 1.82) is 0 Å². The molecule has 1 aliphatic carbocycles. The molecule has 0 spiro atoms. The Morgan fingerprint density at radius 2 is 2.13 bits per heavy atom. The summed E-state index contributed by atoms with van der Waals surface area (Å²) in [7, 11) is 0. The third-order valence-electron chi connectivity index (χ3n) is 6.42. The van der Waals surface area contributed by atoms with Gasteiger partial charge >= 0.3 is 0 Å². The molecule has 3 aromatic rings. The smallest absolute Gasteiger partial charge is 0.259 e. The summed E-state index contributed by atoms with van der Waals surface area (Å²) in [5, 5.41) is 7.44. The summed E-state index contributed by atoms with van der Waals surface area (Å²) in [5.74, 6) is 0.926. The molecule has 3 aromatic heterocycles. The lowest BCUT2D eigenvalue weighted by Gasteiger charge is -2.35. The van der Waals surface area contributed by atoms with Gasteiger partial charge in [0.05, 0.1) is 29.5 Å². The highest BCUT2D eigenvalue weighted by molar-refractivity contribution is 7.13. The molecule has 0 unspecified atom stereocenters. The number of nitrogens with one attached hydrogen (secondary N) is 1. The van der Waals surface area contributed by atoms with Crippen LogP contribution in [0.3, 0.4) is 0 Å². The molecule has 0 bridgehead atoms. The van der Waals surface area contributed by atoms with E-state index < -0.39 is 5.54 Å². The first-order valence-corrected chi connectivity index (χ1v) is 11.4. The molecule has 2 fully saturated rings. The van der Waals surface area contributed by atoms with E-state index in [1.165, 1.54) is 18.0 Å². The molecule has 1 saturated carbocycles. The molecule has 1 saturated heterocycles. The number of hydrogen-bond acceptors (Lipinski definition) is 6. The number of aryl methyl sites for hydroxylation is 1. The van der Waals surface area contributed by atoms with E-state index in [1.807, 2.05) is 13.0 Å². The first-order chi connectivity index (χ1) is 14.6. The number of anilines is 1. The van der Waals surface area contributed by atoms with Gasteiger partial charge in [-0.1, -0.05) is 6.42 Å². The van der Waals surface area contributed by atoms with E-state index in [2.05, 4.69) is 32.9 Å². The molecule has 0 aromatic carbocycles. The third-order valence-corrected chi connectivity index (χ3v) is 7.29. The fraction of sp³-hybridized carbons (Fsp3) is 0.545. The average Bonchev–Trinajstić information content (AvgIpc) is 3.39. The van der Waals surface area contributed by atoms with Crippen LogP contribution in [0.15, 0.2) is 12.1 Å². The molecular weight excluding hydrogens is 396 g/mol. The summed E-state index contributed by atoms with van der Waals surface area (Å²) in [5.41, 5.74) is 4.10. The molecule has 0 radical (unpaired) electrons. The van der Waals surface area contributed by atoms with Gasteiger partial charge in [0.15, 0.2) is 0 Å². The Bertz CT molecular complexity index is 1110. The third kappa shape index (κ3) is 3.17. The van der Waals surface area contributed by atoms with Gasteiger partial charge in [-0.15, -0.1) is 0 Å². The summed E-state index contributed by atoms with van der Waals surface area (Å²) < 4.78 is 11.4. The van der Waals surface area contributed by atoms with E-state index in [1.54, 1.807) is 0 Å². The van der Waals surface area contributed by atoms with E-state index in [0.717, 1.165) is 70.9 Å². The van der Waals surface area contributed by atoms with Gasteiger partial charge in [0.1, 0.15) is 22.7 Å². The highest BCUT2D eigenvalue weighted by Gasteiger charge is 2.43. The van der Waals surface area contributed by atoms with E-state index in [0.29, 0.717) is 13.2 Å². The van der Waals surface area contributed by atoms with Crippen LogP contribution in [0, 0.1) is 13.5 Å². The van der Waals surface area contributed by atoms with E-state index in [-0.39, 0.29) is 6.04 Å². The van der Waals surface area contributed by atoms with Crippen molar-refractivity contribution in [1.82, 2.24) is 19.6 Å². The lowest BCUT2D eigenvalue weighted by molar-refractivity contribution is 0.0985. The van der Waals surface area contributed by atoms with E-state index >= 15 is 0 Å². The topological polar surface area (TPSA) is 71.3 Å². The van der Waals surface area contributed by atoms with Gasteiger partial charge in [-0.25, -0.2) is 11.6 Å². The minimum absolute atomic E-state index is 0.245. The summed E-state index contributed by atoms with van der Waals surface area (Å²) in [6.45, 7) is 14.5. The zero-order chi connectivity index (χ0) is 20.7. The van der Waals surface area contributed by atoms with Gasteiger partial charge in [-0.05, 0) is 50.4 Å². The zero-order valence-electron chi connectivity index (χ0n) is 17.4. The van der Waals surface area contributed by atoms with E-state index in [4.69, 9.17) is 20.7 Å². The Kier molecular flexibility index (Phi) is 4.95. The van der Waals surface area contributed by atoms with Gasteiger partial charge in [0.2, 0.25) is 0 Å². The first kappa shape index (κ1) is 19.5. The van der Waals surface area contributed by atoms with Crippen molar-refractivity contribution < 1.29 is 4.74 Å². The monoisotopic (exact) mass is 422 g/mol. The van der Waals surface area contributed by atoms with Gasteiger partial charge in [-0.3, -0.25) is 5.10 Å². The maximum Gasteiger partial charge on any atom is 0.259 e. The van der Waals surface area contributed by atoms with Crippen molar-refractivity contribution in [2.24, 2.45) is 0 Å². The normalized spacial score (nSPS) is 21.6. The van der Waals surface area contributed by atoms with Crippen LogP contribution in [-0.2, 0) is 10.3 Å². The number of ether oxygens (including phenoxy) is 1. The summed E-state index contributed by atoms with van der Waals surface area (Å²) >= 11 is 1.46. The summed E-state index contributed by atoms with van der Waals surface area (Å²) in [6, 6.07) is 4.42. The van der Waals surface area contributed by atoms with Crippen molar-refractivity contribution in [2.75, 3.05) is 24.7 Å². The quantitative estimate of drug-likeness (QED) is 0.620. The van der Waals surface area contributed by atoms with Crippen molar-refractivity contribution in [3.05, 3.63) is 34.8 Å². The number of rotatable bonds is 3. The van der Waals surface area contributed by atoms with Crippen LogP contribution in [-0.4, -0.2) is 45.4 Å². The number of aromatic amines is 1. The molecule has 30 heavy (non-hydrogen) atoms. The van der Waals surface area contributed by atoms with Crippen LogP contribution >= 0.6 is 11.5 Å². The van der Waals surface area contributed by atoms with Crippen molar-refractivity contribution in [3.8, 4) is 11.4 Å². The van der Waals surface area contributed by atoms with Crippen molar-refractivity contribution >= 4 is 27.6 Å². The SMILES string of the molecule is [C-]#[N+]C1(c2cc(N3CCOC[C@H]3C)nc3c(-c4cc(C)[nH]n4)nsc23)CCCCC1. The predicted octanol–water partition coefficient (Wildman–Crippen LogP) is 4.69. The average molecular weight is 423 g/mol. The molecule has 2 aliphatic rings. The maximum atomic E-state index is 8.12. The summed E-state index contributed by atoms with van der Waals surface area (Å²) in [4.78, 5) is 11.6. The van der Waals surface area contributed by atoms with Gasteiger partial charge in [0.25, 0.3) is 5.54 Å². The molecule has 8 heteroatoms. The first-order valence-electron chi connectivity index (χ1n) is 10.7. The molecule has 0 amide bonds. The molecule has 1 N–H and O–H groups in total. The Balaban J connectivity index is 1.73. The number of nitrogens with zero attached hydrogens (tertiary/aromatic N) is 5. The second kappa shape index (κ2) is 7.64. The van der Waals surface area contributed by atoms with Crippen LogP contribution < -0.4 is 4.90 Å². The summed E-state index contributed by atoms with van der Waals surface area (Å²) in [6.07, 6.45) is 5.21. The fourth-order valence-electron chi connectivity index (χ4n) is 4.75. The Labute approximate surface area is 180 Å². The minimum Gasteiger partial charge on any atom is -0.377 e. The highest BCUT2D eigenvalue weighted by atomic mass is 32.1. The molecular formula is C22H26N6OS. The number of aromatic nitrogens is 4. The van der Waals surface area contributed by atoms with Crippen molar-refractivity contribution in [3.63, 3.8) is 0 Å². The Morgan fingerprint density at radius 3 is 2.83 bits per heavy atom. The molecule has 1 atom stereocenters. The molecule has 5 rings (SSSR count). The predicted molar refractivity (Wildman–Crippen MR) is 119 cm³/mol. The van der Waals surface area contributed by atoms with Crippen LogP contribution in [0.25, 0.3) is 26.4 Å². The minimum atomic E-state index is -0.477. The maximum absolute atomic E-state index is 8.12. The van der Waals surface area contributed by atoms with Gasteiger partial charge < -0.3 is 14.5 Å². The molecule has 4 heterocycles. The standard InChI is InChI=1S/C22H26N6OS/c1-14-11-17(26-25-14)19-20-21(30-27-19)16(22(23-3)7-5-4-6-8-22)12-18(24-20)28-9-10-29-13-15(28)2/h11-12,15H,4-10,13H2,1-2H3,(H,25,26)/t15-/m1/s1. The fourth-order valence-corrected chi connectivity index (χ4v) is 5.69. The number of H-pyrrole nitrogens is 1. The number of fused-ring (bicyclic) bond motifs is 1. The zero-order valence-corrected chi connectivity index (χ0v) is 18.3. The second-order valence-electron chi connectivity index (χ2n) is 8.49. The lowest BCUT2D eigenvalue weighted by Crippen LogP contribution is -2.44. The van der Waals surface area contributed by atoms with Crippen molar-refractivity contribution in [2.45, 2.75) is 57.5 Å². The molecule has 7 nitrogen and oxygen atoms in total. The van der Waals surface area contributed by atoms with E-state index in [9.17, 15) is 0 Å². The molecule has 1 aliphatic heterocycles. The number of hydrogen-bond donors (Lipinski definition) is 1.